The number of fused-ring (bicyclic) bond motifs is 1. The topological polar surface area (TPSA) is 79.0 Å². The third-order valence-electron chi connectivity index (χ3n) is 8.35. The Morgan fingerprint density at radius 2 is 1.76 bits per heavy atom. The first kappa shape index (κ1) is 23.4. The van der Waals surface area contributed by atoms with Crippen molar-refractivity contribution in [3.05, 3.63) is 34.6 Å². The van der Waals surface area contributed by atoms with Crippen LogP contribution in [0.15, 0.2) is 12.1 Å². The number of hydrogen-bond donors (Lipinski definition) is 1. The van der Waals surface area contributed by atoms with E-state index in [-0.39, 0.29) is 42.9 Å². The number of imide groups is 1. The number of methoxy groups -OCH3 is 1. The lowest BCUT2D eigenvalue weighted by Gasteiger charge is -2.36. The molecule has 5 rings (SSSR count). The predicted molar refractivity (Wildman–Crippen MR) is 124 cm³/mol. The highest BCUT2D eigenvalue weighted by molar-refractivity contribution is 6.05. The number of benzene rings is 1. The molecule has 34 heavy (non-hydrogen) atoms. The minimum absolute atomic E-state index is 0.0864. The molecule has 1 N–H and O–H groups in total. The van der Waals surface area contributed by atoms with E-state index in [1.807, 2.05) is 0 Å². The Morgan fingerprint density at radius 3 is 2.44 bits per heavy atom. The first-order chi connectivity index (χ1) is 16.4. The number of ether oxygens (including phenoxy) is 1. The van der Waals surface area contributed by atoms with Gasteiger partial charge in [-0.25, -0.2) is 4.39 Å². The number of amides is 3. The average molecular weight is 472 g/mol. The molecule has 2 saturated heterocycles. The van der Waals surface area contributed by atoms with Crippen LogP contribution in [0, 0.1) is 11.7 Å². The van der Waals surface area contributed by atoms with Crippen LogP contribution in [0.1, 0.15) is 78.8 Å². The minimum atomic E-state index is -0.720. The van der Waals surface area contributed by atoms with Crippen LogP contribution in [0.2, 0.25) is 0 Å². The van der Waals surface area contributed by atoms with Gasteiger partial charge in [0, 0.05) is 31.2 Å². The smallest absolute Gasteiger partial charge is 0.255 e. The molecule has 1 atom stereocenters. The molecule has 184 valence electrons. The number of nitrogens with zero attached hydrogens (tertiary/aromatic N) is 2. The van der Waals surface area contributed by atoms with E-state index in [0.717, 1.165) is 51.2 Å². The normalized spacial score (nSPS) is 28.8. The zero-order chi connectivity index (χ0) is 23.8. The maximum atomic E-state index is 15.6. The van der Waals surface area contributed by atoms with Gasteiger partial charge in [0.1, 0.15) is 11.9 Å². The fourth-order valence-corrected chi connectivity index (χ4v) is 6.28. The summed E-state index contributed by atoms with van der Waals surface area (Å²) in [6, 6.07) is 2.78. The third-order valence-corrected chi connectivity index (χ3v) is 8.35. The molecular formula is C26H34FN3O4. The number of hydrogen-bond acceptors (Lipinski definition) is 5. The summed E-state index contributed by atoms with van der Waals surface area (Å²) in [7, 11) is 1.80. The number of rotatable bonds is 5. The van der Waals surface area contributed by atoms with Crippen molar-refractivity contribution in [2.75, 3.05) is 26.7 Å². The van der Waals surface area contributed by atoms with Crippen molar-refractivity contribution in [2.24, 2.45) is 5.92 Å². The Labute approximate surface area is 200 Å². The van der Waals surface area contributed by atoms with Gasteiger partial charge in [-0.1, -0.05) is 6.07 Å². The Morgan fingerprint density at radius 1 is 1.03 bits per heavy atom. The van der Waals surface area contributed by atoms with Gasteiger partial charge in [0.2, 0.25) is 11.8 Å². The first-order valence-electron chi connectivity index (χ1n) is 12.7. The van der Waals surface area contributed by atoms with Crippen LogP contribution in [-0.4, -0.2) is 66.4 Å². The number of piperidine rings is 2. The molecule has 7 nitrogen and oxygen atoms in total. The van der Waals surface area contributed by atoms with Crippen LogP contribution in [0.3, 0.4) is 0 Å². The van der Waals surface area contributed by atoms with Gasteiger partial charge in [0.25, 0.3) is 5.91 Å². The number of likely N-dealkylation sites (tertiary alicyclic amines) is 1. The minimum Gasteiger partial charge on any atom is -0.381 e. The molecule has 1 saturated carbocycles. The lowest BCUT2D eigenvalue weighted by Crippen LogP contribution is -2.52. The maximum Gasteiger partial charge on any atom is 0.255 e. The molecule has 3 amide bonds. The molecule has 0 radical (unpaired) electrons. The van der Waals surface area contributed by atoms with E-state index in [2.05, 4.69) is 10.2 Å². The molecule has 0 spiro atoms. The first-order valence-corrected chi connectivity index (χ1v) is 12.7. The van der Waals surface area contributed by atoms with Gasteiger partial charge in [-0.05, 0) is 81.5 Å². The highest BCUT2D eigenvalue weighted by Gasteiger charge is 2.41. The zero-order valence-corrected chi connectivity index (χ0v) is 19.9. The van der Waals surface area contributed by atoms with Crippen molar-refractivity contribution in [1.29, 1.82) is 0 Å². The molecule has 0 bridgehead atoms. The standard InChI is InChI=1S/C26H34FN3O4/c1-34-18-4-2-16(3-5-18)14-29-12-10-17(11-13-29)19-6-7-20-21(24(19)27)15-30(26(20)33)22-8-9-23(31)28-25(22)32/h6-7,16-18,22H,2-5,8-15H2,1H3,(H,28,31,32). The molecular weight excluding hydrogens is 437 g/mol. The summed E-state index contributed by atoms with van der Waals surface area (Å²) in [5, 5.41) is 2.29. The summed E-state index contributed by atoms with van der Waals surface area (Å²) in [4.78, 5) is 40.6. The molecule has 3 aliphatic heterocycles. The van der Waals surface area contributed by atoms with Crippen molar-refractivity contribution in [2.45, 2.75) is 76.0 Å². The Balaban J connectivity index is 1.21. The molecule has 1 aromatic carbocycles. The van der Waals surface area contributed by atoms with Crippen molar-refractivity contribution in [1.82, 2.24) is 15.1 Å². The van der Waals surface area contributed by atoms with Crippen LogP contribution in [-0.2, 0) is 20.9 Å². The summed E-state index contributed by atoms with van der Waals surface area (Å²) >= 11 is 0. The zero-order valence-electron chi connectivity index (χ0n) is 19.9. The van der Waals surface area contributed by atoms with Crippen LogP contribution in [0.5, 0.6) is 0 Å². The average Bonchev–Trinajstić information content (AvgIpc) is 3.17. The Bertz CT molecular complexity index is 967. The van der Waals surface area contributed by atoms with Crippen molar-refractivity contribution >= 4 is 17.7 Å². The van der Waals surface area contributed by atoms with E-state index in [9.17, 15) is 14.4 Å². The van der Waals surface area contributed by atoms with Crippen molar-refractivity contribution in [3.8, 4) is 0 Å². The molecule has 0 aromatic heterocycles. The predicted octanol–water partition coefficient (Wildman–Crippen LogP) is 2.97. The van der Waals surface area contributed by atoms with Gasteiger partial charge in [-0.15, -0.1) is 0 Å². The second kappa shape index (κ2) is 9.74. The Hall–Kier alpha value is -2.32. The quantitative estimate of drug-likeness (QED) is 0.668. The van der Waals surface area contributed by atoms with Crippen LogP contribution in [0.4, 0.5) is 4.39 Å². The fourth-order valence-electron chi connectivity index (χ4n) is 6.28. The van der Waals surface area contributed by atoms with Gasteiger partial charge in [-0.3, -0.25) is 19.7 Å². The molecule has 4 aliphatic rings. The van der Waals surface area contributed by atoms with Gasteiger partial charge in [0.05, 0.1) is 12.6 Å². The van der Waals surface area contributed by atoms with Crippen molar-refractivity contribution in [3.63, 3.8) is 0 Å². The van der Waals surface area contributed by atoms with Gasteiger partial charge < -0.3 is 14.5 Å². The third kappa shape index (κ3) is 4.50. The van der Waals surface area contributed by atoms with E-state index in [1.54, 1.807) is 19.2 Å². The highest BCUT2D eigenvalue weighted by atomic mass is 19.1. The summed E-state index contributed by atoms with van der Waals surface area (Å²) < 4.78 is 21.1. The monoisotopic (exact) mass is 471 g/mol. The molecule has 1 unspecified atom stereocenters. The van der Waals surface area contributed by atoms with Gasteiger partial charge >= 0.3 is 0 Å². The lowest BCUT2D eigenvalue weighted by atomic mass is 9.84. The lowest BCUT2D eigenvalue weighted by molar-refractivity contribution is -0.136. The highest BCUT2D eigenvalue weighted by Crippen LogP contribution is 2.37. The summed E-state index contributed by atoms with van der Waals surface area (Å²) in [6.45, 7) is 3.13. The van der Waals surface area contributed by atoms with Crippen molar-refractivity contribution < 1.29 is 23.5 Å². The molecule has 1 aliphatic carbocycles. The molecule has 8 heteroatoms. The van der Waals surface area contributed by atoms with Gasteiger partial charge in [0.15, 0.2) is 0 Å². The summed E-state index contributed by atoms with van der Waals surface area (Å²) in [5.74, 6) is -0.548. The number of carbonyl (C=O) groups excluding carboxylic acids is 3. The van der Waals surface area contributed by atoms with Crippen LogP contribution < -0.4 is 5.32 Å². The Kier molecular flexibility index (Phi) is 6.71. The number of halogens is 1. The second-order valence-electron chi connectivity index (χ2n) is 10.3. The number of nitrogens with one attached hydrogen (secondary N) is 1. The van der Waals surface area contributed by atoms with E-state index in [0.29, 0.717) is 22.8 Å². The summed E-state index contributed by atoms with van der Waals surface area (Å²) in [5.41, 5.74) is 1.43. The largest absolute Gasteiger partial charge is 0.381 e. The SMILES string of the molecule is COC1CCC(CN2CCC(c3ccc4c(c3F)CN(C3CCC(=O)NC3=O)C4=O)CC2)CC1. The second-order valence-corrected chi connectivity index (χ2v) is 10.3. The summed E-state index contributed by atoms with van der Waals surface area (Å²) in [6.07, 6.45) is 7.44. The number of carbonyl (C=O) groups is 3. The fraction of sp³-hybridized carbons (Fsp3) is 0.654. The molecule has 3 heterocycles. The van der Waals surface area contributed by atoms with Gasteiger partial charge in [-0.2, -0.15) is 0 Å². The maximum absolute atomic E-state index is 15.6. The molecule has 3 fully saturated rings. The van der Waals surface area contributed by atoms with E-state index < -0.39 is 11.9 Å². The van der Waals surface area contributed by atoms with E-state index in [4.69, 9.17) is 4.74 Å². The van der Waals surface area contributed by atoms with E-state index >= 15 is 4.39 Å². The van der Waals surface area contributed by atoms with Crippen LogP contribution in [0.25, 0.3) is 0 Å². The molecule has 1 aromatic rings. The van der Waals surface area contributed by atoms with E-state index in [1.165, 1.54) is 17.7 Å². The van der Waals surface area contributed by atoms with Crippen LogP contribution >= 0.6 is 0 Å².